The molecule has 0 radical (unpaired) electrons. The summed E-state index contributed by atoms with van der Waals surface area (Å²) >= 11 is 5.87. The van der Waals surface area contributed by atoms with Gasteiger partial charge in [0.25, 0.3) is 0 Å². The molecule has 0 aliphatic heterocycles. The molecule has 1 aromatic heterocycles. The maximum atomic E-state index is 5.87. The number of rotatable bonds is 2. The molecule has 0 saturated carbocycles. The van der Waals surface area contributed by atoms with Gasteiger partial charge >= 0.3 is 0 Å². The van der Waals surface area contributed by atoms with Crippen molar-refractivity contribution in [3.05, 3.63) is 53.6 Å². The second-order valence-corrected chi connectivity index (χ2v) is 4.43. The average molecular weight is 259 g/mol. The Bertz CT molecular complexity index is 683. The topological polar surface area (TPSA) is 22.4 Å². The van der Waals surface area contributed by atoms with E-state index >= 15 is 0 Å². The van der Waals surface area contributed by atoms with Gasteiger partial charge in [0.05, 0.1) is 7.11 Å². The number of hydrogen-bond donors (Lipinski definition) is 0. The summed E-state index contributed by atoms with van der Waals surface area (Å²) in [4.78, 5) is 0. The van der Waals surface area contributed by atoms with Gasteiger partial charge in [0.15, 0.2) is 11.3 Å². The van der Waals surface area contributed by atoms with Gasteiger partial charge in [-0.2, -0.15) is 0 Å². The zero-order valence-corrected chi connectivity index (χ0v) is 10.6. The SMILES string of the molecule is COc1cccc2cc(-c3ccc(Cl)cc3)oc12. The van der Waals surface area contributed by atoms with E-state index < -0.39 is 0 Å². The summed E-state index contributed by atoms with van der Waals surface area (Å²) in [7, 11) is 1.64. The van der Waals surface area contributed by atoms with Crippen molar-refractivity contribution in [1.82, 2.24) is 0 Å². The third kappa shape index (κ3) is 1.85. The predicted molar refractivity (Wildman–Crippen MR) is 73.2 cm³/mol. The van der Waals surface area contributed by atoms with Crippen LogP contribution in [0.4, 0.5) is 0 Å². The molecule has 0 aliphatic carbocycles. The quantitative estimate of drug-likeness (QED) is 0.661. The first-order valence-electron chi connectivity index (χ1n) is 5.60. The van der Waals surface area contributed by atoms with Gasteiger partial charge in [-0.1, -0.05) is 23.7 Å². The lowest BCUT2D eigenvalue weighted by molar-refractivity contribution is 0.411. The van der Waals surface area contributed by atoms with Gasteiger partial charge in [0.2, 0.25) is 0 Å². The molecule has 0 N–H and O–H groups in total. The maximum Gasteiger partial charge on any atom is 0.176 e. The van der Waals surface area contributed by atoms with E-state index in [1.54, 1.807) is 7.11 Å². The number of ether oxygens (including phenoxy) is 1. The highest BCUT2D eigenvalue weighted by Crippen LogP contribution is 2.33. The predicted octanol–water partition coefficient (Wildman–Crippen LogP) is 4.76. The number of furan rings is 1. The minimum absolute atomic E-state index is 0.715. The summed E-state index contributed by atoms with van der Waals surface area (Å²) < 4.78 is 11.1. The number of para-hydroxylation sites is 1. The van der Waals surface area contributed by atoms with Crippen molar-refractivity contribution < 1.29 is 9.15 Å². The summed E-state index contributed by atoms with van der Waals surface area (Å²) in [5.41, 5.74) is 1.77. The van der Waals surface area contributed by atoms with Crippen molar-refractivity contribution in [3.63, 3.8) is 0 Å². The van der Waals surface area contributed by atoms with Crippen LogP contribution in [0.5, 0.6) is 5.75 Å². The number of benzene rings is 2. The van der Waals surface area contributed by atoms with Crippen LogP contribution in [0.3, 0.4) is 0 Å². The molecule has 3 aromatic rings. The second kappa shape index (κ2) is 4.39. The van der Waals surface area contributed by atoms with Crippen LogP contribution in [-0.2, 0) is 0 Å². The molecule has 1 heterocycles. The molecule has 0 amide bonds. The number of fused-ring (bicyclic) bond motifs is 1. The van der Waals surface area contributed by atoms with E-state index in [1.807, 2.05) is 48.5 Å². The van der Waals surface area contributed by atoms with E-state index in [2.05, 4.69) is 0 Å². The Morgan fingerprint density at radius 2 is 1.83 bits per heavy atom. The molecular weight excluding hydrogens is 248 g/mol. The lowest BCUT2D eigenvalue weighted by Crippen LogP contribution is -1.81. The van der Waals surface area contributed by atoms with E-state index in [0.717, 1.165) is 28.0 Å². The van der Waals surface area contributed by atoms with Gasteiger partial charge in [-0.25, -0.2) is 0 Å². The van der Waals surface area contributed by atoms with Crippen LogP contribution in [0.15, 0.2) is 52.9 Å². The molecule has 0 aliphatic rings. The lowest BCUT2D eigenvalue weighted by Gasteiger charge is -1.99. The molecule has 0 spiro atoms. The van der Waals surface area contributed by atoms with Crippen LogP contribution in [-0.4, -0.2) is 7.11 Å². The Labute approximate surface area is 110 Å². The molecule has 0 fully saturated rings. The average Bonchev–Trinajstić information content (AvgIpc) is 2.83. The van der Waals surface area contributed by atoms with Crippen LogP contribution in [0.1, 0.15) is 0 Å². The second-order valence-electron chi connectivity index (χ2n) is 4.00. The fourth-order valence-electron chi connectivity index (χ4n) is 1.95. The Morgan fingerprint density at radius 1 is 1.06 bits per heavy atom. The van der Waals surface area contributed by atoms with Crippen LogP contribution in [0.25, 0.3) is 22.3 Å². The molecule has 0 atom stereocenters. The molecule has 2 aromatic carbocycles. The monoisotopic (exact) mass is 258 g/mol. The van der Waals surface area contributed by atoms with Crippen LogP contribution < -0.4 is 4.74 Å². The van der Waals surface area contributed by atoms with E-state index in [4.69, 9.17) is 20.8 Å². The van der Waals surface area contributed by atoms with Gasteiger partial charge < -0.3 is 9.15 Å². The molecule has 2 nitrogen and oxygen atoms in total. The normalized spacial score (nSPS) is 10.8. The van der Waals surface area contributed by atoms with Gasteiger partial charge in [0, 0.05) is 16.0 Å². The molecule has 0 bridgehead atoms. The fourth-order valence-corrected chi connectivity index (χ4v) is 2.08. The lowest BCUT2D eigenvalue weighted by atomic mass is 10.1. The van der Waals surface area contributed by atoms with Gasteiger partial charge in [-0.05, 0) is 36.4 Å². The van der Waals surface area contributed by atoms with Crippen molar-refractivity contribution in [1.29, 1.82) is 0 Å². The molecule has 0 unspecified atom stereocenters. The largest absolute Gasteiger partial charge is 0.493 e. The van der Waals surface area contributed by atoms with Gasteiger partial charge in [-0.3, -0.25) is 0 Å². The van der Waals surface area contributed by atoms with E-state index in [-0.39, 0.29) is 0 Å². The Kier molecular flexibility index (Phi) is 2.73. The van der Waals surface area contributed by atoms with Crippen LogP contribution in [0, 0.1) is 0 Å². The minimum Gasteiger partial charge on any atom is -0.493 e. The molecule has 0 saturated heterocycles. The van der Waals surface area contributed by atoms with Crippen molar-refractivity contribution in [3.8, 4) is 17.1 Å². The van der Waals surface area contributed by atoms with Gasteiger partial charge in [-0.15, -0.1) is 0 Å². The Morgan fingerprint density at radius 3 is 2.56 bits per heavy atom. The minimum atomic E-state index is 0.715. The van der Waals surface area contributed by atoms with Crippen molar-refractivity contribution in [2.75, 3.05) is 7.11 Å². The highest BCUT2D eigenvalue weighted by molar-refractivity contribution is 6.30. The van der Waals surface area contributed by atoms with Gasteiger partial charge in [0.1, 0.15) is 5.76 Å². The van der Waals surface area contributed by atoms with Crippen molar-refractivity contribution in [2.45, 2.75) is 0 Å². The number of methoxy groups -OCH3 is 1. The Balaban J connectivity index is 2.16. The van der Waals surface area contributed by atoms with Crippen LogP contribution >= 0.6 is 11.6 Å². The zero-order valence-electron chi connectivity index (χ0n) is 9.81. The Hall–Kier alpha value is -1.93. The molecule has 90 valence electrons. The van der Waals surface area contributed by atoms with E-state index in [9.17, 15) is 0 Å². The van der Waals surface area contributed by atoms with E-state index in [0.29, 0.717) is 5.02 Å². The fraction of sp³-hybridized carbons (Fsp3) is 0.0667. The smallest absolute Gasteiger partial charge is 0.176 e. The summed E-state index contributed by atoms with van der Waals surface area (Å²) in [6.07, 6.45) is 0. The first-order valence-corrected chi connectivity index (χ1v) is 5.98. The highest BCUT2D eigenvalue weighted by atomic mass is 35.5. The number of halogens is 1. The summed E-state index contributed by atoms with van der Waals surface area (Å²) in [6, 6.07) is 15.4. The molecule has 3 heteroatoms. The highest BCUT2D eigenvalue weighted by Gasteiger charge is 2.09. The van der Waals surface area contributed by atoms with Crippen molar-refractivity contribution in [2.24, 2.45) is 0 Å². The zero-order chi connectivity index (χ0) is 12.5. The molecule has 3 rings (SSSR count). The molecular formula is C15H11ClO2. The third-order valence-electron chi connectivity index (χ3n) is 2.86. The van der Waals surface area contributed by atoms with E-state index in [1.165, 1.54) is 0 Å². The molecule has 18 heavy (non-hydrogen) atoms. The first-order chi connectivity index (χ1) is 8.78. The summed E-state index contributed by atoms with van der Waals surface area (Å²) in [5, 5.41) is 1.74. The summed E-state index contributed by atoms with van der Waals surface area (Å²) in [6.45, 7) is 0. The van der Waals surface area contributed by atoms with Crippen molar-refractivity contribution >= 4 is 22.6 Å². The standard InChI is InChI=1S/C15H11ClO2/c1-17-13-4-2-3-11-9-14(18-15(11)13)10-5-7-12(16)8-6-10/h2-9H,1H3. The van der Waals surface area contributed by atoms with Crippen LogP contribution in [0.2, 0.25) is 5.02 Å². The first kappa shape index (κ1) is 11.2. The maximum absolute atomic E-state index is 5.87. The summed E-state index contributed by atoms with van der Waals surface area (Å²) in [5.74, 6) is 1.55. The number of hydrogen-bond acceptors (Lipinski definition) is 2. The third-order valence-corrected chi connectivity index (χ3v) is 3.11.